The van der Waals surface area contributed by atoms with Crippen molar-refractivity contribution in [3.63, 3.8) is 0 Å². The van der Waals surface area contributed by atoms with Gasteiger partial charge in [0, 0.05) is 17.1 Å². The minimum Gasteiger partial charge on any atom is -0.461 e. The summed E-state index contributed by atoms with van der Waals surface area (Å²) in [6.45, 7) is 3.31. The maximum atomic E-state index is 12.9. The van der Waals surface area contributed by atoms with Crippen LogP contribution in [-0.2, 0) is 17.4 Å². The average Bonchev–Trinajstić information content (AvgIpc) is 3.27. The number of carbonyl (C=O) groups excluding carboxylic acids is 1. The number of benzene rings is 1. The molecule has 0 aliphatic heterocycles. The molecule has 1 N–H and O–H groups in total. The molecule has 1 amide bonds. The second-order valence-corrected chi connectivity index (χ2v) is 7.07. The summed E-state index contributed by atoms with van der Waals surface area (Å²) < 4.78 is 48.5. The van der Waals surface area contributed by atoms with Gasteiger partial charge < -0.3 is 9.25 Å². The number of hydrogen-bond acceptors (Lipinski definition) is 7. The molecule has 0 bridgehead atoms. The lowest BCUT2D eigenvalue weighted by Crippen LogP contribution is -2.12. The van der Waals surface area contributed by atoms with E-state index in [2.05, 4.69) is 24.7 Å². The van der Waals surface area contributed by atoms with E-state index < -0.39 is 17.6 Å². The first-order valence-corrected chi connectivity index (χ1v) is 9.43. The standard InChI is InChI=1S/C19H17F3N4O3S/c1-10(25-28-3)7-16-23-18(30-26-16)24-17(27)14-9-15(29-11(14)2)12-5-4-6-13(8-12)19(20,21)22/h4-6,8-9H,7H2,1-3H3,(H,23,24,26,27). The van der Waals surface area contributed by atoms with E-state index in [0.717, 1.165) is 23.7 Å². The van der Waals surface area contributed by atoms with Crippen LogP contribution < -0.4 is 5.32 Å². The van der Waals surface area contributed by atoms with E-state index in [1.807, 2.05) is 0 Å². The van der Waals surface area contributed by atoms with E-state index in [9.17, 15) is 18.0 Å². The van der Waals surface area contributed by atoms with Crippen molar-refractivity contribution in [2.75, 3.05) is 12.4 Å². The third-order valence-electron chi connectivity index (χ3n) is 3.99. The van der Waals surface area contributed by atoms with Gasteiger partial charge in [-0.25, -0.2) is 4.98 Å². The predicted octanol–water partition coefficient (Wildman–Crippen LogP) is 4.94. The van der Waals surface area contributed by atoms with Crippen molar-refractivity contribution >= 4 is 28.3 Å². The molecule has 0 saturated carbocycles. The van der Waals surface area contributed by atoms with Crippen molar-refractivity contribution in [1.82, 2.24) is 9.36 Å². The summed E-state index contributed by atoms with van der Waals surface area (Å²) >= 11 is 1.00. The van der Waals surface area contributed by atoms with Gasteiger partial charge in [-0.1, -0.05) is 17.3 Å². The Kier molecular flexibility index (Phi) is 6.20. The number of nitrogens with zero attached hydrogens (tertiary/aromatic N) is 3. The van der Waals surface area contributed by atoms with E-state index in [1.54, 1.807) is 13.8 Å². The Morgan fingerprint density at radius 2 is 2.10 bits per heavy atom. The molecule has 0 radical (unpaired) electrons. The molecule has 3 rings (SSSR count). The summed E-state index contributed by atoms with van der Waals surface area (Å²) in [6.07, 6.45) is -4.11. The minimum absolute atomic E-state index is 0.160. The van der Waals surface area contributed by atoms with Gasteiger partial charge in [0.2, 0.25) is 5.13 Å². The second-order valence-electron chi connectivity index (χ2n) is 6.31. The smallest absolute Gasteiger partial charge is 0.416 e. The lowest BCUT2D eigenvalue weighted by atomic mass is 10.1. The summed E-state index contributed by atoms with van der Waals surface area (Å²) in [6, 6.07) is 6.11. The molecule has 3 aromatic rings. The number of furan rings is 1. The quantitative estimate of drug-likeness (QED) is 0.435. The van der Waals surface area contributed by atoms with Gasteiger partial charge in [0.25, 0.3) is 5.91 Å². The van der Waals surface area contributed by atoms with Crippen LogP contribution in [0, 0.1) is 6.92 Å². The van der Waals surface area contributed by atoms with Crippen molar-refractivity contribution in [2.24, 2.45) is 5.16 Å². The molecule has 11 heteroatoms. The van der Waals surface area contributed by atoms with E-state index in [0.29, 0.717) is 18.0 Å². The second kappa shape index (κ2) is 8.66. The Labute approximate surface area is 173 Å². The lowest BCUT2D eigenvalue weighted by molar-refractivity contribution is -0.137. The number of anilines is 1. The zero-order valence-corrected chi connectivity index (χ0v) is 17.0. The van der Waals surface area contributed by atoms with E-state index in [4.69, 9.17) is 4.42 Å². The van der Waals surface area contributed by atoms with Gasteiger partial charge >= 0.3 is 6.18 Å². The van der Waals surface area contributed by atoms with Crippen molar-refractivity contribution < 1.29 is 27.2 Å². The van der Waals surface area contributed by atoms with Crippen molar-refractivity contribution in [3.8, 4) is 11.3 Å². The Morgan fingerprint density at radius 3 is 2.80 bits per heavy atom. The molecule has 7 nitrogen and oxygen atoms in total. The Morgan fingerprint density at radius 1 is 1.33 bits per heavy atom. The summed E-state index contributed by atoms with van der Waals surface area (Å²) in [5, 5.41) is 6.67. The molecule has 0 unspecified atom stereocenters. The first kappa shape index (κ1) is 21.5. The van der Waals surface area contributed by atoms with E-state index in [-0.39, 0.29) is 27.8 Å². The number of hydrogen-bond donors (Lipinski definition) is 1. The van der Waals surface area contributed by atoms with Gasteiger partial charge in [0.15, 0.2) is 0 Å². The lowest BCUT2D eigenvalue weighted by Gasteiger charge is -2.07. The van der Waals surface area contributed by atoms with E-state index in [1.165, 1.54) is 25.3 Å². The number of alkyl halides is 3. The van der Waals surface area contributed by atoms with Gasteiger partial charge in [-0.2, -0.15) is 17.5 Å². The maximum absolute atomic E-state index is 12.9. The number of rotatable bonds is 6. The number of carbonyl (C=O) groups is 1. The molecule has 0 atom stereocenters. The Balaban J connectivity index is 1.77. The average molecular weight is 438 g/mol. The van der Waals surface area contributed by atoms with Crippen LogP contribution in [0.1, 0.15) is 34.4 Å². The van der Waals surface area contributed by atoms with Gasteiger partial charge in [-0.3, -0.25) is 10.1 Å². The third kappa shape index (κ3) is 5.03. The summed E-state index contributed by atoms with van der Waals surface area (Å²) in [5.74, 6) is 0.405. The fourth-order valence-electron chi connectivity index (χ4n) is 2.66. The van der Waals surface area contributed by atoms with Gasteiger partial charge in [0.05, 0.1) is 23.3 Å². The van der Waals surface area contributed by atoms with Crippen molar-refractivity contribution in [1.29, 1.82) is 0 Å². The molecule has 1 aromatic carbocycles. The minimum atomic E-state index is -4.47. The fourth-order valence-corrected chi connectivity index (χ4v) is 3.24. The van der Waals surface area contributed by atoms with Crippen LogP contribution in [0.3, 0.4) is 0 Å². The summed E-state index contributed by atoms with van der Waals surface area (Å²) in [4.78, 5) is 21.5. The maximum Gasteiger partial charge on any atom is 0.416 e. The van der Waals surface area contributed by atoms with Crippen LogP contribution in [0.15, 0.2) is 39.9 Å². The highest BCUT2D eigenvalue weighted by Crippen LogP contribution is 2.33. The molecule has 0 saturated heterocycles. The monoisotopic (exact) mass is 438 g/mol. The van der Waals surface area contributed by atoms with Crippen LogP contribution >= 0.6 is 11.5 Å². The number of oxime groups is 1. The highest BCUT2D eigenvalue weighted by molar-refractivity contribution is 7.09. The predicted molar refractivity (Wildman–Crippen MR) is 106 cm³/mol. The molecule has 0 aliphatic carbocycles. The fraction of sp³-hybridized carbons (Fsp3) is 0.263. The highest BCUT2D eigenvalue weighted by Gasteiger charge is 2.30. The molecule has 0 spiro atoms. The number of nitrogens with one attached hydrogen (secondary N) is 1. The van der Waals surface area contributed by atoms with E-state index >= 15 is 0 Å². The molecule has 158 valence electrons. The van der Waals surface area contributed by atoms with Crippen molar-refractivity contribution in [3.05, 3.63) is 53.0 Å². The third-order valence-corrected chi connectivity index (χ3v) is 4.65. The van der Waals surface area contributed by atoms with Crippen molar-refractivity contribution in [2.45, 2.75) is 26.4 Å². The molecular formula is C19H17F3N4O3S. The topological polar surface area (TPSA) is 89.6 Å². The molecular weight excluding hydrogens is 421 g/mol. The molecule has 0 fully saturated rings. The largest absolute Gasteiger partial charge is 0.461 e. The zero-order chi connectivity index (χ0) is 21.9. The molecule has 2 aromatic heterocycles. The number of amides is 1. The number of halogens is 3. The van der Waals surface area contributed by atoms with Crippen LogP contribution in [0.25, 0.3) is 11.3 Å². The molecule has 30 heavy (non-hydrogen) atoms. The first-order valence-electron chi connectivity index (χ1n) is 8.66. The van der Waals surface area contributed by atoms with Gasteiger partial charge in [-0.05, 0) is 32.0 Å². The van der Waals surface area contributed by atoms with Gasteiger partial charge in [-0.15, -0.1) is 0 Å². The molecule has 0 aliphatic rings. The molecule has 2 heterocycles. The van der Waals surface area contributed by atoms with Crippen LogP contribution in [0.4, 0.5) is 18.3 Å². The van der Waals surface area contributed by atoms with Crippen LogP contribution in [0.5, 0.6) is 0 Å². The normalized spacial score (nSPS) is 12.1. The number of aromatic nitrogens is 2. The Bertz CT molecular complexity index is 1090. The first-order chi connectivity index (χ1) is 14.2. The van der Waals surface area contributed by atoms with Crippen LogP contribution in [0.2, 0.25) is 0 Å². The van der Waals surface area contributed by atoms with Crippen LogP contribution in [-0.4, -0.2) is 28.1 Å². The highest BCUT2D eigenvalue weighted by atomic mass is 32.1. The number of aryl methyl sites for hydroxylation is 1. The SMILES string of the molecule is CON=C(C)Cc1nsc(NC(=O)c2cc(-c3cccc(C(F)(F)F)c3)oc2C)n1. The summed E-state index contributed by atoms with van der Waals surface area (Å²) in [5.41, 5.74) is 0.285. The van der Waals surface area contributed by atoms with Gasteiger partial charge in [0.1, 0.15) is 24.5 Å². The zero-order valence-electron chi connectivity index (χ0n) is 16.2. The summed E-state index contributed by atoms with van der Waals surface area (Å²) in [7, 11) is 1.44. The Hall–Kier alpha value is -3.21.